The van der Waals surface area contributed by atoms with Crippen LogP contribution in [-0.4, -0.2) is 98.6 Å². The van der Waals surface area contributed by atoms with E-state index >= 15 is 0 Å². The smallest absolute Gasteiger partial charge is 0.280 e. The number of hydrogen-bond donors (Lipinski definition) is 4. The molecular formula is C16H30N4O6S7. The average molecular weight is 599 g/mol. The number of nitrogens with one attached hydrogen (secondary N) is 2. The highest BCUT2D eigenvalue weighted by Gasteiger charge is 2.03. The number of carbonyl (C=O) groups is 2. The molecule has 2 amide bonds. The van der Waals surface area contributed by atoms with E-state index in [1.54, 1.807) is 0 Å². The Balaban J connectivity index is 3.59. The van der Waals surface area contributed by atoms with Crippen LogP contribution in [0.2, 0.25) is 0 Å². The minimum atomic E-state index is -1.23. The molecule has 0 saturated heterocycles. The zero-order valence-corrected chi connectivity index (χ0v) is 23.6. The Morgan fingerprint density at radius 2 is 1.39 bits per heavy atom. The van der Waals surface area contributed by atoms with Crippen LogP contribution in [0.4, 0.5) is 9.59 Å². The topological polar surface area (TPSA) is 158 Å². The van der Waals surface area contributed by atoms with E-state index in [1.807, 2.05) is 0 Å². The number of thioether (sulfide) groups is 5. The first-order chi connectivity index (χ1) is 16.0. The average Bonchev–Trinajstić information content (AvgIpc) is 2.80. The molecule has 0 saturated carbocycles. The van der Waals surface area contributed by atoms with Crippen LogP contribution in [0.1, 0.15) is 12.8 Å². The number of carbonyl (C=O) groups excluding carboxylic acids is 2. The van der Waals surface area contributed by atoms with Crippen molar-refractivity contribution in [2.24, 2.45) is 9.98 Å². The summed E-state index contributed by atoms with van der Waals surface area (Å²) in [7, 11) is -2.40. The molecule has 2 unspecified atom stereocenters. The van der Waals surface area contributed by atoms with Gasteiger partial charge in [-0.2, -0.15) is 0 Å². The van der Waals surface area contributed by atoms with Gasteiger partial charge in [0.15, 0.2) is 0 Å². The van der Waals surface area contributed by atoms with Crippen LogP contribution in [0.15, 0.2) is 9.98 Å². The standard InChI is InChI=1S/C16H30N4O6S7/c21-3-1-5-30-15(23)19-9-28-8-18-12-33(26)14-29-13-31-16(24)20-10-27-7-17-11-32(25)6-2-4-22/h11-12,21-22H,1-10,13-14H2,(H,19,23)(H,20,24). The van der Waals surface area contributed by atoms with Gasteiger partial charge >= 0.3 is 0 Å². The van der Waals surface area contributed by atoms with Gasteiger partial charge in [0.05, 0.1) is 61.3 Å². The second kappa shape index (κ2) is 25.3. The van der Waals surface area contributed by atoms with Gasteiger partial charge in [0.2, 0.25) is 0 Å². The summed E-state index contributed by atoms with van der Waals surface area (Å²) in [5, 5.41) is 23.2. The predicted octanol–water partition coefficient (Wildman–Crippen LogP) is 2.14. The fourth-order valence-electron chi connectivity index (χ4n) is 1.48. The van der Waals surface area contributed by atoms with Crippen molar-refractivity contribution in [2.45, 2.75) is 12.8 Å². The molecule has 0 aliphatic carbocycles. The Bertz CT molecular complexity index is 642. The third-order valence-corrected chi connectivity index (χ3v) is 9.72. The van der Waals surface area contributed by atoms with E-state index in [4.69, 9.17) is 10.2 Å². The molecule has 0 aromatic carbocycles. The third kappa shape index (κ3) is 25.2. The maximum atomic E-state index is 11.8. The van der Waals surface area contributed by atoms with Crippen molar-refractivity contribution in [3.8, 4) is 0 Å². The quantitative estimate of drug-likeness (QED) is 0.0704. The molecule has 192 valence electrons. The molecule has 4 N–H and O–H groups in total. The van der Waals surface area contributed by atoms with Crippen LogP contribution in [0, 0.1) is 0 Å². The molecule has 0 aromatic rings. The van der Waals surface area contributed by atoms with Gasteiger partial charge in [-0.15, -0.1) is 35.3 Å². The summed E-state index contributed by atoms with van der Waals surface area (Å²) in [6.07, 6.45) is 1.06. The van der Waals surface area contributed by atoms with Crippen molar-refractivity contribution in [2.75, 3.05) is 58.4 Å². The van der Waals surface area contributed by atoms with Gasteiger partial charge in [0, 0.05) is 29.8 Å². The lowest BCUT2D eigenvalue weighted by Crippen LogP contribution is -2.18. The Morgan fingerprint density at radius 3 is 2.00 bits per heavy atom. The third-order valence-electron chi connectivity index (χ3n) is 2.87. The van der Waals surface area contributed by atoms with E-state index in [0.717, 1.165) is 23.5 Å². The van der Waals surface area contributed by atoms with Gasteiger partial charge in [-0.05, 0) is 12.8 Å². The molecule has 0 bridgehead atoms. The first kappa shape index (κ1) is 33.2. The lowest BCUT2D eigenvalue weighted by Gasteiger charge is -2.03. The van der Waals surface area contributed by atoms with E-state index < -0.39 is 21.6 Å². The fraction of sp³-hybridized carbons (Fsp3) is 0.750. The number of nitrogens with zero attached hydrogens (tertiary/aromatic N) is 2. The van der Waals surface area contributed by atoms with Crippen molar-refractivity contribution < 1.29 is 28.2 Å². The van der Waals surface area contributed by atoms with E-state index in [2.05, 4.69) is 20.6 Å². The van der Waals surface area contributed by atoms with Crippen molar-refractivity contribution in [3.63, 3.8) is 0 Å². The lowest BCUT2D eigenvalue weighted by molar-refractivity contribution is 0.261. The molecule has 17 heteroatoms. The largest absolute Gasteiger partial charge is 0.396 e. The zero-order chi connectivity index (χ0) is 24.6. The molecule has 33 heavy (non-hydrogen) atoms. The Labute approximate surface area is 220 Å². The molecule has 0 aliphatic rings. The second-order valence-corrected chi connectivity index (χ2v) is 13.8. The van der Waals surface area contributed by atoms with Gasteiger partial charge in [-0.25, -0.2) is 0 Å². The number of aliphatic hydroxyl groups is 2. The van der Waals surface area contributed by atoms with E-state index in [0.29, 0.717) is 58.0 Å². The van der Waals surface area contributed by atoms with Crippen molar-refractivity contribution in [3.05, 3.63) is 0 Å². The van der Waals surface area contributed by atoms with Gasteiger partial charge in [0.1, 0.15) is 0 Å². The minimum Gasteiger partial charge on any atom is -0.396 e. The normalized spacial score (nSPS) is 13.4. The Hall–Kier alpha value is 0.250. The first-order valence-electron chi connectivity index (χ1n) is 9.50. The molecule has 0 spiro atoms. The highest BCUT2D eigenvalue weighted by atomic mass is 32.2. The molecule has 2 atom stereocenters. The van der Waals surface area contributed by atoms with Crippen LogP contribution in [0.25, 0.3) is 0 Å². The summed E-state index contributed by atoms with van der Waals surface area (Å²) in [5.74, 6) is 2.52. The first-order valence-corrected chi connectivity index (χ1v) is 17.7. The predicted molar refractivity (Wildman–Crippen MR) is 151 cm³/mol. The molecule has 0 aliphatic heterocycles. The summed E-state index contributed by atoms with van der Waals surface area (Å²) in [6.45, 7) is 0.0779. The molecule has 0 aromatic heterocycles. The molecular weight excluding hydrogens is 569 g/mol. The van der Waals surface area contributed by atoms with Crippen LogP contribution < -0.4 is 10.6 Å². The minimum absolute atomic E-state index is 0.00851. The number of rotatable bonds is 20. The van der Waals surface area contributed by atoms with Crippen LogP contribution in [0.3, 0.4) is 0 Å². The van der Waals surface area contributed by atoms with Gasteiger partial charge in [-0.3, -0.25) is 28.0 Å². The molecule has 0 radical (unpaired) electrons. The Kier molecular flexibility index (Phi) is 25.5. The van der Waals surface area contributed by atoms with Gasteiger partial charge < -0.3 is 20.8 Å². The summed E-state index contributed by atoms with van der Waals surface area (Å²) in [4.78, 5) is 31.2. The van der Waals surface area contributed by atoms with Crippen LogP contribution in [-0.2, 0) is 21.6 Å². The van der Waals surface area contributed by atoms with Gasteiger partial charge in [-0.1, -0.05) is 23.5 Å². The number of amides is 2. The fourth-order valence-corrected chi connectivity index (χ4v) is 7.21. The van der Waals surface area contributed by atoms with E-state index in [9.17, 15) is 18.0 Å². The summed E-state index contributed by atoms with van der Waals surface area (Å²) >= 11 is 6.35. The lowest BCUT2D eigenvalue weighted by atomic mass is 10.5. The van der Waals surface area contributed by atoms with E-state index in [-0.39, 0.29) is 23.7 Å². The number of aliphatic hydroxyl groups excluding tert-OH is 2. The second-order valence-electron chi connectivity index (χ2n) is 5.51. The molecule has 10 nitrogen and oxygen atoms in total. The highest BCUT2D eigenvalue weighted by molar-refractivity contribution is 8.27. The number of hydrogen-bond acceptors (Lipinski definition) is 13. The SMILES string of the molecule is O=C(NCSCN=CS(=O)CSCSC(=O)NCSCN=CS(=O)CCCO)SCCCO. The Morgan fingerprint density at radius 1 is 0.818 bits per heavy atom. The number of aliphatic imine (C=N–C) groups is 2. The molecule has 0 fully saturated rings. The van der Waals surface area contributed by atoms with Crippen molar-refractivity contribution in [1.82, 2.24) is 10.6 Å². The highest BCUT2D eigenvalue weighted by Crippen LogP contribution is 2.14. The molecule has 0 rings (SSSR count). The van der Waals surface area contributed by atoms with Crippen molar-refractivity contribution >= 4 is 102 Å². The van der Waals surface area contributed by atoms with Crippen LogP contribution >= 0.6 is 58.8 Å². The van der Waals surface area contributed by atoms with E-state index in [1.165, 1.54) is 46.4 Å². The van der Waals surface area contributed by atoms with Crippen molar-refractivity contribution in [1.29, 1.82) is 0 Å². The zero-order valence-electron chi connectivity index (χ0n) is 17.9. The maximum Gasteiger partial charge on any atom is 0.280 e. The summed E-state index contributed by atoms with van der Waals surface area (Å²) in [5.41, 5.74) is 2.73. The maximum absolute atomic E-state index is 11.8. The van der Waals surface area contributed by atoms with Crippen LogP contribution in [0.5, 0.6) is 0 Å². The molecule has 0 heterocycles. The summed E-state index contributed by atoms with van der Waals surface area (Å²) < 4.78 is 23.2. The summed E-state index contributed by atoms with van der Waals surface area (Å²) in [6, 6.07) is 0. The monoisotopic (exact) mass is 598 g/mol. The van der Waals surface area contributed by atoms with Gasteiger partial charge in [0.25, 0.3) is 10.5 Å².